The van der Waals surface area contributed by atoms with E-state index in [-0.39, 0.29) is 28.2 Å². The fourth-order valence-electron chi connectivity index (χ4n) is 3.68. The highest BCUT2D eigenvalue weighted by Gasteiger charge is 2.32. The topological polar surface area (TPSA) is 83.7 Å². The molecule has 4 rings (SSSR count). The van der Waals surface area contributed by atoms with Gasteiger partial charge in [0.1, 0.15) is 11.3 Å². The number of nitrogens with zero attached hydrogens (tertiary/aromatic N) is 3. The van der Waals surface area contributed by atoms with E-state index in [2.05, 4.69) is 4.98 Å². The number of amides is 1. The minimum absolute atomic E-state index is 0.0631. The lowest BCUT2D eigenvalue weighted by Crippen LogP contribution is -2.54. The summed E-state index contributed by atoms with van der Waals surface area (Å²) >= 11 is 0. The van der Waals surface area contributed by atoms with Crippen LogP contribution in [-0.4, -0.2) is 55.6 Å². The quantitative estimate of drug-likeness (QED) is 0.631. The molecular weight excluding hydrogens is 409 g/mol. The van der Waals surface area contributed by atoms with Gasteiger partial charge in [-0.15, -0.1) is 0 Å². The second kappa shape index (κ2) is 7.71. The van der Waals surface area contributed by atoms with Gasteiger partial charge < -0.3 is 14.2 Å². The third kappa shape index (κ3) is 3.65. The highest BCUT2D eigenvalue weighted by atomic mass is 32.2. The van der Waals surface area contributed by atoms with Crippen molar-refractivity contribution in [3.8, 4) is 0 Å². The van der Waals surface area contributed by atoms with E-state index in [9.17, 15) is 17.6 Å². The number of halogens is 1. The van der Waals surface area contributed by atoms with Crippen LogP contribution in [0.15, 0.2) is 51.8 Å². The van der Waals surface area contributed by atoms with Crippen molar-refractivity contribution in [3.63, 3.8) is 0 Å². The lowest BCUT2D eigenvalue weighted by Gasteiger charge is -2.39. The molecule has 1 aliphatic heterocycles. The molecule has 1 saturated heterocycles. The van der Waals surface area contributed by atoms with Crippen molar-refractivity contribution in [2.45, 2.75) is 24.8 Å². The van der Waals surface area contributed by atoms with Crippen LogP contribution in [0.2, 0.25) is 0 Å². The van der Waals surface area contributed by atoms with Crippen LogP contribution in [0.4, 0.5) is 10.4 Å². The largest absolute Gasteiger partial charge is 0.423 e. The maximum Gasteiger partial charge on any atom is 0.298 e. The Kier molecular flexibility index (Phi) is 5.23. The number of aromatic nitrogens is 1. The maximum atomic E-state index is 13.4. The Balaban J connectivity index is 1.56. The highest BCUT2D eigenvalue weighted by molar-refractivity contribution is 7.91. The normalized spacial score (nSPS) is 17.5. The molecule has 1 amide bonds. The van der Waals surface area contributed by atoms with E-state index >= 15 is 0 Å². The summed E-state index contributed by atoms with van der Waals surface area (Å²) in [5, 5.41) is 0. The van der Waals surface area contributed by atoms with Crippen LogP contribution in [0.1, 0.15) is 24.2 Å². The Morgan fingerprint density at radius 2 is 2.00 bits per heavy atom. The zero-order valence-electron chi connectivity index (χ0n) is 16.7. The summed E-state index contributed by atoms with van der Waals surface area (Å²) in [6, 6.07) is 10.7. The summed E-state index contributed by atoms with van der Waals surface area (Å²) in [7, 11) is -3.52. The van der Waals surface area contributed by atoms with Crippen molar-refractivity contribution in [2.24, 2.45) is 0 Å². The molecule has 0 N–H and O–H groups in total. The van der Waals surface area contributed by atoms with Crippen molar-refractivity contribution in [2.75, 3.05) is 30.3 Å². The van der Waals surface area contributed by atoms with E-state index in [4.69, 9.17) is 4.42 Å². The molecule has 158 valence electrons. The number of hydrogen-bond donors (Lipinski definition) is 0. The zero-order chi connectivity index (χ0) is 21.5. The SMILES string of the molecule is CCS(=O)(=O)c1ccccc1C(=O)N1CCN(c2nc3ccc(F)cc3o2)C[C@@H]1C. The minimum Gasteiger partial charge on any atom is -0.423 e. The minimum atomic E-state index is -3.52. The van der Waals surface area contributed by atoms with Gasteiger partial charge in [0.15, 0.2) is 15.4 Å². The molecule has 9 heteroatoms. The lowest BCUT2D eigenvalue weighted by molar-refractivity contribution is 0.0667. The number of carbonyl (C=O) groups excluding carboxylic acids is 1. The predicted molar refractivity (Wildman–Crippen MR) is 111 cm³/mol. The molecule has 0 bridgehead atoms. The highest BCUT2D eigenvalue weighted by Crippen LogP contribution is 2.26. The number of rotatable bonds is 4. The number of sulfone groups is 1. The molecule has 0 radical (unpaired) electrons. The Bertz CT molecular complexity index is 1210. The van der Waals surface area contributed by atoms with Gasteiger partial charge in [-0.3, -0.25) is 4.79 Å². The van der Waals surface area contributed by atoms with Gasteiger partial charge in [-0.2, -0.15) is 4.98 Å². The van der Waals surface area contributed by atoms with Gasteiger partial charge >= 0.3 is 0 Å². The first-order chi connectivity index (χ1) is 14.3. The van der Waals surface area contributed by atoms with Crippen LogP contribution in [-0.2, 0) is 9.84 Å². The number of fused-ring (bicyclic) bond motifs is 1. The van der Waals surface area contributed by atoms with Crippen LogP contribution in [0.5, 0.6) is 0 Å². The van der Waals surface area contributed by atoms with Crippen molar-refractivity contribution < 1.29 is 22.0 Å². The number of oxazole rings is 1. The van der Waals surface area contributed by atoms with Crippen LogP contribution in [0, 0.1) is 5.82 Å². The monoisotopic (exact) mass is 431 g/mol. The molecule has 1 fully saturated rings. The molecule has 0 saturated carbocycles. The van der Waals surface area contributed by atoms with E-state index in [1.165, 1.54) is 18.2 Å². The Hall–Kier alpha value is -2.94. The fourth-order valence-corrected chi connectivity index (χ4v) is 4.77. The third-order valence-corrected chi connectivity index (χ3v) is 7.12. The van der Waals surface area contributed by atoms with Gasteiger partial charge in [0.25, 0.3) is 11.9 Å². The number of benzene rings is 2. The van der Waals surface area contributed by atoms with Crippen molar-refractivity contribution in [1.82, 2.24) is 9.88 Å². The van der Waals surface area contributed by atoms with Gasteiger partial charge in [-0.05, 0) is 31.2 Å². The van der Waals surface area contributed by atoms with Crippen LogP contribution < -0.4 is 4.90 Å². The standard InChI is InChI=1S/C21H22FN3O4S/c1-3-30(27,28)19-7-5-4-6-16(19)20(26)25-11-10-24(13-14(25)2)21-23-17-9-8-15(22)12-18(17)29-21/h4-9,12,14H,3,10-11,13H2,1-2H3/t14-/m0/s1. The molecule has 2 heterocycles. The summed E-state index contributed by atoms with van der Waals surface area (Å²) in [4.78, 5) is 21.2. The average molecular weight is 431 g/mol. The molecule has 0 aliphatic carbocycles. The van der Waals surface area contributed by atoms with Gasteiger partial charge in [-0.1, -0.05) is 19.1 Å². The van der Waals surface area contributed by atoms with Gasteiger partial charge in [-0.25, -0.2) is 12.8 Å². The lowest BCUT2D eigenvalue weighted by atomic mass is 10.1. The van der Waals surface area contributed by atoms with Crippen LogP contribution in [0.25, 0.3) is 11.1 Å². The maximum absolute atomic E-state index is 13.4. The summed E-state index contributed by atoms with van der Waals surface area (Å²) < 4.78 is 43.9. The zero-order valence-corrected chi connectivity index (χ0v) is 17.5. The first-order valence-corrected chi connectivity index (χ1v) is 11.4. The van der Waals surface area contributed by atoms with E-state index in [1.54, 1.807) is 36.1 Å². The van der Waals surface area contributed by atoms with Crippen molar-refractivity contribution >= 4 is 32.9 Å². The summed E-state index contributed by atoms with van der Waals surface area (Å²) in [6.45, 7) is 4.76. The van der Waals surface area contributed by atoms with Crippen LogP contribution >= 0.6 is 0 Å². The number of piperazine rings is 1. The van der Waals surface area contributed by atoms with E-state index < -0.39 is 15.7 Å². The van der Waals surface area contributed by atoms with Crippen molar-refractivity contribution in [1.29, 1.82) is 0 Å². The van der Waals surface area contributed by atoms with Gasteiger partial charge in [0.2, 0.25) is 0 Å². The number of hydrogen-bond acceptors (Lipinski definition) is 6. The third-order valence-electron chi connectivity index (χ3n) is 5.33. The van der Waals surface area contributed by atoms with E-state index in [0.717, 1.165) is 0 Å². The Morgan fingerprint density at radius 1 is 1.23 bits per heavy atom. The average Bonchev–Trinajstić information content (AvgIpc) is 3.16. The van der Waals surface area contributed by atoms with Gasteiger partial charge in [0, 0.05) is 31.7 Å². The first kappa shape index (κ1) is 20.3. The molecule has 2 aromatic carbocycles. The predicted octanol–water partition coefficient (Wildman–Crippen LogP) is 3.11. The molecule has 0 unspecified atom stereocenters. The summed E-state index contributed by atoms with van der Waals surface area (Å²) in [5.74, 6) is -0.775. The van der Waals surface area contributed by atoms with E-state index in [1.807, 2.05) is 11.8 Å². The Morgan fingerprint density at radius 3 is 2.73 bits per heavy atom. The summed E-state index contributed by atoms with van der Waals surface area (Å²) in [5.41, 5.74) is 1.13. The molecule has 1 aromatic heterocycles. The molecule has 1 aliphatic rings. The molecule has 30 heavy (non-hydrogen) atoms. The van der Waals surface area contributed by atoms with Gasteiger partial charge in [0.05, 0.1) is 16.2 Å². The fraction of sp³-hybridized carbons (Fsp3) is 0.333. The number of anilines is 1. The molecule has 0 spiro atoms. The van der Waals surface area contributed by atoms with Crippen molar-refractivity contribution in [3.05, 3.63) is 53.8 Å². The van der Waals surface area contributed by atoms with E-state index in [0.29, 0.717) is 36.7 Å². The smallest absolute Gasteiger partial charge is 0.298 e. The first-order valence-electron chi connectivity index (χ1n) is 9.74. The van der Waals surface area contributed by atoms with Crippen LogP contribution in [0.3, 0.4) is 0 Å². The molecular formula is C21H22FN3O4S. The number of carbonyl (C=O) groups is 1. The molecule has 7 nitrogen and oxygen atoms in total. The molecule has 3 aromatic rings. The summed E-state index contributed by atoms with van der Waals surface area (Å²) in [6.07, 6.45) is 0. The second-order valence-corrected chi connectivity index (χ2v) is 9.55. The Labute approximate surface area is 174 Å². The second-order valence-electron chi connectivity index (χ2n) is 7.30. The molecule has 1 atom stereocenters.